The molecule has 0 saturated carbocycles. The zero-order valence-corrected chi connectivity index (χ0v) is 16.2. The number of rotatable bonds is 7. The molecule has 0 radical (unpaired) electrons. The summed E-state index contributed by atoms with van der Waals surface area (Å²) in [6.07, 6.45) is 1.60. The van der Waals surface area contributed by atoms with Crippen molar-refractivity contribution in [3.05, 3.63) is 94.3 Å². The fourth-order valence-electron chi connectivity index (χ4n) is 2.69. The number of thiophene rings is 1. The molecule has 0 bridgehead atoms. The number of benzene rings is 2. The molecule has 0 aliphatic heterocycles. The van der Waals surface area contributed by atoms with Gasteiger partial charge in [0.15, 0.2) is 0 Å². The molecule has 0 spiro atoms. The van der Waals surface area contributed by atoms with Crippen LogP contribution in [0.1, 0.15) is 20.9 Å². The van der Waals surface area contributed by atoms with E-state index in [-0.39, 0.29) is 5.91 Å². The quantitative estimate of drug-likeness (QED) is 0.353. The molecule has 2 aromatic heterocycles. The maximum Gasteiger partial charge on any atom is 0.289 e. The zero-order valence-electron chi connectivity index (χ0n) is 15.4. The van der Waals surface area contributed by atoms with Crippen LogP contribution in [-0.4, -0.2) is 22.3 Å². The second-order valence-electron chi connectivity index (χ2n) is 6.15. The van der Waals surface area contributed by atoms with E-state index in [2.05, 4.69) is 20.7 Å². The number of hydrazone groups is 1. The average molecular weight is 402 g/mol. The normalized spacial score (nSPS) is 10.9. The van der Waals surface area contributed by atoms with E-state index >= 15 is 0 Å². The first-order valence-electron chi connectivity index (χ1n) is 8.98. The van der Waals surface area contributed by atoms with Gasteiger partial charge in [-0.1, -0.05) is 48.5 Å². The number of amides is 1. The van der Waals surface area contributed by atoms with Gasteiger partial charge in [0.25, 0.3) is 5.91 Å². The molecular formula is C22H18N4O2S. The second-order valence-corrected chi connectivity index (χ2v) is 7.13. The summed E-state index contributed by atoms with van der Waals surface area (Å²) in [5.74, 6) is 0.338. The fourth-order valence-corrected chi connectivity index (χ4v) is 3.28. The van der Waals surface area contributed by atoms with Gasteiger partial charge >= 0.3 is 0 Å². The summed E-state index contributed by atoms with van der Waals surface area (Å²) < 4.78 is 5.98. The molecule has 0 aliphatic carbocycles. The van der Waals surface area contributed by atoms with E-state index in [1.807, 2.05) is 72.1 Å². The van der Waals surface area contributed by atoms with Gasteiger partial charge in [-0.05, 0) is 35.2 Å². The van der Waals surface area contributed by atoms with Crippen molar-refractivity contribution < 1.29 is 9.53 Å². The van der Waals surface area contributed by atoms with Crippen LogP contribution in [0.4, 0.5) is 0 Å². The lowest BCUT2D eigenvalue weighted by molar-refractivity contribution is 0.0950. The highest BCUT2D eigenvalue weighted by Gasteiger charge is 2.13. The zero-order chi connectivity index (χ0) is 19.9. The van der Waals surface area contributed by atoms with Crippen molar-refractivity contribution >= 4 is 23.5 Å². The SMILES string of the molecule is O=C(N/N=C/c1cccs1)c1cc(-c2ccccc2OCc2ccccc2)n[nH]1. The average Bonchev–Trinajstić information content (AvgIpc) is 3.45. The first kappa shape index (κ1) is 18.6. The Morgan fingerprint density at radius 2 is 1.93 bits per heavy atom. The molecule has 1 amide bonds. The summed E-state index contributed by atoms with van der Waals surface area (Å²) in [7, 11) is 0. The number of carbonyl (C=O) groups is 1. The molecule has 0 aliphatic rings. The maximum absolute atomic E-state index is 12.3. The van der Waals surface area contributed by atoms with E-state index in [1.54, 1.807) is 23.6 Å². The van der Waals surface area contributed by atoms with Gasteiger partial charge in [0.2, 0.25) is 0 Å². The van der Waals surface area contributed by atoms with Gasteiger partial charge in [-0.2, -0.15) is 10.2 Å². The van der Waals surface area contributed by atoms with Crippen LogP contribution in [0.2, 0.25) is 0 Å². The summed E-state index contributed by atoms with van der Waals surface area (Å²) >= 11 is 1.54. The van der Waals surface area contributed by atoms with Crippen molar-refractivity contribution in [2.75, 3.05) is 0 Å². The molecule has 2 heterocycles. The monoisotopic (exact) mass is 402 g/mol. The largest absolute Gasteiger partial charge is 0.488 e. The number of H-pyrrole nitrogens is 1. The van der Waals surface area contributed by atoms with Gasteiger partial charge in [-0.25, -0.2) is 5.43 Å². The number of hydrogen-bond donors (Lipinski definition) is 2. The summed E-state index contributed by atoms with van der Waals surface area (Å²) in [4.78, 5) is 13.2. The predicted octanol–water partition coefficient (Wildman–Crippen LogP) is 4.48. The number of aromatic nitrogens is 2. The minimum atomic E-state index is -0.362. The van der Waals surface area contributed by atoms with Crippen LogP contribution in [0.15, 0.2) is 83.3 Å². The number of nitrogens with one attached hydrogen (secondary N) is 2. The van der Waals surface area contributed by atoms with Crippen molar-refractivity contribution in [2.45, 2.75) is 6.61 Å². The molecule has 4 rings (SSSR count). The van der Waals surface area contributed by atoms with Gasteiger partial charge in [0, 0.05) is 10.4 Å². The fraction of sp³-hybridized carbons (Fsp3) is 0.0455. The van der Waals surface area contributed by atoms with Crippen LogP contribution in [-0.2, 0) is 6.61 Å². The molecule has 29 heavy (non-hydrogen) atoms. The van der Waals surface area contributed by atoms with Gasteiger partial charge in [0.05, 0.1) is 11.9 Å². The standard InChI is InChI=1S/C22H18N4O2S/c27-22(26-23-14-17-9-6-12-29-17)20-13-19(24-25-20)18-10-4-5-11-21(18)28-15-16-7-2-1-3-8-16/h1-14H,15H2,(H,24,25)(H,26,27)/b23-14+. The molecule has 0 fully saturated rings. The maximum atomic E-state index is 12.3. The minimum absolute atomic E-state index is 0.321. The first-order chi connectivity index (χ1) is 14.3. The van der Waals surface area contributed by atoms with Gasteiger partial charge in [0.1, 0.15) is 18.1 Å². The Labute approximate surface area is 171 Å². The van der Waals surface area contributed by atoms with E-state index in [0.717, 1.165) is 16.0 Å². The van der Waals surface area contributed by atoms with E-state index in [9.17, 15) is 4.79 Å². The Morgan fingerprint density at radius 1 is 1.10 bits per heavy atom. The van der Waals surface area contributed by atoms with Crippen molar-refractivity contribution in [1.29, 1.82) is 0 Å². The summed E-state index contributed by atoms with van der Waals surface area (Å²) in [6.45, 7) is 0.451. The highest BCUT2D eigenvalue weighted by atomic mass is 32.1. The molecule has 2 N–H and O–H groups in total. The molecule has 4 aromatic rings. The molecular weight excluding hydrogens is 384 g/mol. The van der Waals surface area contributed by atoms with E-state index in [1.165, 1.54) is 0 Å². The van der Waals surface area contributed by atoms with Crippen molar-refractivity contribution in [3.8, 4) is 17.0 Å². The minimum Gasteiger partial charge on any atom is -0.488 e. The number of hydrogen-bond acceptors (Lipinski definition) is 5. The number of carbonyl (C=O) groups excluding carboxylic acids is 1. The van der Waals surface area contributed by atoms with Gasteiger partial charge in [-0.3, -0.25) is 9.89 Å². The highest BCUT2D eigenvalue weighted by molar-refractivity contribution is 7.11. The van der Waals surface area contributed by atoms with Crippen LogP contribution >= 0.6 is 11.3 Å². The van der Waals surface area contributed by atoms with Crippen LogP contribution in [0, 0.1) is 0 Å². The highest BCUT2D eigenvalue weighted by Crippen LogP contribution is 2.29. The third-order valence-electron chi connectivity index (χ3n) is 4.12. The first-order valence-corrected chi connectivity index (χ1v) is 9.86. The molecule has 7 heteroatoms. The number of nitrogens with zero attached hydrogens (tertiary/aromatic N) is 2. The lowest BCUT2D eigenvalue weighted by Gasteiger charge is -2.10. The molecule has 6 nitrogen and oxygen atoms in total. The Morgan fingerprint density at radius 3 is 2.76 bits per heavy atom. The van der Waals surface area contributed by atoms with Crippen molar-refractivity contribution in [2.24, 2.45) is 5.10 Å². The van der Waals surface area contributed by atoms with Gasteiger partial charge in [-0.15, -0.1) is 11.3 Å². The number of para-hydroxylation sites is 1. The smallest absolute Gasteiger partial charge is 0.289 e. The van der Waals surface area contributed by atoms with Crippen molar-refractivity contribution in [3.63, 3.8) is 0 Å². The molecule has 0 atom stereocenters. The third-order valence-corrected chi connectivity index (χ3v) is 4.93. The molecule has 144 valence electrons. The summed E-state index contributed by atoms with van der Waals surface area (Å²) in [5, 5.41) is 12.9. The van der Waals surface area contributed by atoms with Crippen molar-refractivity contribution in [1.82, 2.24) is 15.6 Å². The Hall–Kier alpha value is -3.71. The number of aromatic amines is 1. The predicted molar refractivity (Wildman–Crippen MR) is 114 cm³/mol. The Kier molecular flexibility index (Phi) is 5.78. The van der Waals surface area contributed by atoms with E-state index in [4.69, 9.17) is 4.74 Å². The van der Waals surface area contributed by atoms with Crippen LogP contribution in [0.3, 0.4) is 0 Å². The van der Waals surface area contributed by atoms with Crippen LogP contribution < -0.4 is 10.2 Å². The second kappa shape index (κ2) is 8.99. The number of ether oxygens (including phenoxy) is 1. The lowest BCUT2D eigenvalue weighted by atomic mass is 10.1. The van der Waals surface area contributed by atoms with E-state index in [0.29, 0.717) is 23.7 Å². The van der Waals surface area contributed by atoms with Gasteiger partial charge < -0.3 is 4.74 Å². The molecule has 0 saturated heterocycles. The summed E-state index contributed by atoms with van der Waals surface area (Å²) in [6, 6.07) is 23.1. The molecule has 2 aromatic carbocycles. The Bertz CT molecular complexity index is 1100. The molecule has 0 unspecified atom stereocenters. The summed E-state index contributed by atoms with van der Waals surface area (Å²) in [5.41, 5.74) is 5.33. The van der Waals surface area contributed by atoms with Crippen LogP contribution in [0.25, 0.3) is 11.3 Å². The topological polar surface area (TPSA) is 79.4 Å². The van der Waals surface area contributed by atoms with Crippen LogP contribution in [0.5, 0.6) is 5.75 Å². The van der Waals surface area contributed by atoms with E-state index < -0.39 is 0 Å². The Balaban J connectivity index is 1.45. The lowest BCUT2D eigenvalue weighted by Crippen LogP contribution is -2.17. The third kappa shape index (κ3) is 4.77.